The lowest BCUT2D eigenvalue weighted by molar-refractivity contribution is -0.142. The van der Waals surface area contributed by atoms with E-state index in [9.17, 15) is 9.90 Å². The number of carbonyl (C=O) groups excluding carboxylic acids is 1. The zero-order valence-electron chi connectivity index (χ0n) is 8.10. The molecule has 15 heavy (non-hydrogen) atoms. The van der Waals surface area contributed by atoms with E-state index < -0.39 is 12.0 Å². The van der Waals surface area contributed by atoms with Gasteiger partial charge in [0.1, 0.15) is 11.8 Å². The average molecular weight is 206 g/mol. The Hall–Kier alpha value is -2.06. The Balaban J connectivity index is 3.13. The molecule has 0 aromatic heterocycles. The van der Waals surface area contributed by atoms with E-state index in [1.54, 1.807) is 0 Å². The first-order valence-corrected chi connectivity index (χ1v) is 4.16. The largest absolute Gasteiger partial charge is 0.508 e. The van der Waals surface area contributed by atoms with Crippen molar-refractivity contribution in [3.05, 3.63) is 29.3 Å². The van der Waals surface area contributed by atoms with Crippen LogP contribution in [0.4, 0.5) is 0 Å². The molecule has 0 aliphatic carbocycles. The molecular weight excluding hydrogens is 196 g/mol. The molecule has 78 valence electrons. The highest BCUT2D eigenvalue weighted by atomic mass is 16.5. The average Bonchev–Trinajstić information content (AvgIpc) is 2.27. The molecule has 0 aliphatic rings. The molecule has 3 N–H and O–H groups in total. The van der Waals surface area contributed by atoms with Crippen LogP contribution in [0.15, 0.2) is 18.2 Å². The van der Waals surface area contributed by atoms with Crippen LogP contribution in [0.3, 0.4) is 0 Å². The molecule has 1 rings (SSSR count). The van der Waals surface area contributed by atoms with E-state index in [2.05, 4.69) is 4.74 Å². The van der Waals surface area contributed by atoms with Gasteiger partial charge in [-0.1, -0.05) is 0 Å². The minimum Gasteiger partial charge on any atom is -0.508 e. The van der Waals surface area contributed by atoms with Crippen LogP contribution in [0.1, 0.15) is 17.2 Å². The number of nitriles is 1. The van der Waals surface area contributed by atoms with Gasteiger partial charge >= 0.3 is 5.97 Å². The second kappa shape index (κ2) is 4.44. The summed E-state index contributed by atoms with van der Waals surface area (Å²) in [6.07, 6.45) is 0. The topological polar surface area (TPSA) is 96.3 Å². The zero-order chi connectivity index (χ0) is 11.4. The normalized spacial score (nSPS) is 11.5. The monoisotopic (exact) mass is 206 g/mol. The van der Waals surface area contributed by atoms with Gasteiger partial charge < -0.3 is 15.6 Å². The number of phenolic OH excluding ortho intramolecular Hbond substituents is 1. The Kier molecular flexibility index (Phi) is 3.26. The van der Waals surface area contributed by atoms with Crippen molar-refractivity contribution in [2.45, 2.75) is 6.04 Å². The molecule has 0 fully saturated rings. The molecule has 0 bridgehead atoms. The summed E-state index contributed by atoms with van der Waals surface area (Å²) in [5.74, 6) is -0.799. The van der Waals surface area contributed by atoms with E-state index in [-0.39, 0.29) is 11.3 Å². The van der Waals surface area contributed by atoms with Crippen LogP contribution >= 0.6 is 0 Å². The molecule has 5 nitrogen and oxygen atoms in total. The van der Waals surface area contributed by atoms with Crippen LogP contribution in [0, 0.1) is 11.3 Å². The number of nitrogens with zero attached hydrogens (tertiary/aromatic N) is 1. The zero-order valence-corrected chi connectivity index (χ0v) is 8.10. The van der Waals surface area contributed by atoms with Crippen molar-refractivity contribution in [2.24, 2.45) is 5.73 Å². The number of aromatic hydroxyl groups is 1. The summed E-state index contributed by atoms with van der Waals surface area (Å²) < 4.78 is 4.44. The van der Waals surface area contributed by atoms with Gasteiger partial charge in [-0.3, -0.25) is 4.79 Å². The number of rotatable bonds is 2. The Labute approximate surface area is 86.7 Å². The molecule has 0 saturated carbocycles. The van der Waals surface area contributed by atoms with E-state index in [0.29, 0.717) is 5.56 Å². The Morgan fingerprint density at radius 3 is 2.87 bits per heavy atom. The number of hydrogen-bond donors (Lipinski definition) is 2. The number of hydrogen-bond acceptors (Lipinski definition) is 5. The molecule has 0 aliphatic heterocycles. The van der Waals surface area contributed by atoms with Gasteiger partial charge in [0.25, 0.3) is 0 Å². The molecule has 1 aromatic carbocycles. The van der Waals surface area contributed by atoms with Crippen LogP contribution in [0.25, 0.3) is 0 Å². The van der Waals surface area contributed by atoms with Crippen LogP contribution in [-0.2, 0) is 9.53 Å². The number of carbonyl (C=O) groups is 1. The highest BCUT2D eigenvalue weighted by Gasteiger charge is 2.19. The van der Waals surface area contributed by atoms with Gasteiger partial charge in [-0.05, 0) is 18.2 Å². The maximum Gasteiger partial charge on any atom is 0.327 e. The molecular formula is C10H10N2O3. The van der Waals surface area contributed by atoms with E-state index >= 15 is 0 Å². The third-order valence-electron chi connectivity index (χ3n) is 1.95. The van der Waals surface area contributed by atoms with Crippen LogP contribution in [-0.4, -0.2) is 18.2 Å². The fourth-order valence-corrected chi connectivity index (χ4v) is 1.13. The van der Waals surface area contributed by atoms with Crippen LogP contribution in [0.2, 0.25) is 0 Å². The number of phenols is 1. The first-order chi connectivity index (χ1) is 7.10. The summed E-state index contributed by atoms with van der Waals surface area (Å²) in [4.78, 5) is 11.1. The summed E-state index contributed by atoms with van der Waals surface area (Å²) in [6.45, 7) is 0. The Bertz CT molecular complexity index is 423. The van der Waals surface area contributed by atoms with E-state index in [0.717, 1.165) is 0 Å². The maximum atomic E-state index is 11.1. The van der Waals surface area contributed by atoms with Crippen molar-refractivity contribution in [2.75, 3.05) is 7.11 Å². The van der Waals surface area contributed by atoms with E-state index in [1.807, 2.05) is 6.07 Å². The highest BCUT2D eigenvalue weighted by molar-refractivity contribution is 5.78. The number of esters is 1. The second-order valence-corrected chi connectivity index (χ2v) is 2.89. The van der Waals surface area contributed by atoms with E-state index in [1.165, 1.54) is 25.3 Å². The lowest BCUT2D eigenvalue weighted by Crippen LogP contribution is -2.22. The number of benzene rings is 1. The van der Waals surface area contributed by atoms with Gasteiger partial charge in [-0.2, -0.15) is 5.26 Å². The van der Waals surface area contributed by atoms with Crippen molar-refractivity contribution >= 4 is 5.97 Å². The molecule has 5 heteroatoms. The number of ether oxygens (including phenoxy) is 1. The van der Waals surface area contributed by atoms with Gasteiger partial charge in [-0.25, -0.2) is 0 Å². The minimum atomic E-state index is -1.08. The third-order valence-corrected chi connectivity index (χ3v) is 1.95. The Morgan fingerprint density at radius 2 is 2.33 bits per heavy atom. The first kappa shape index (κ1) is 11.0. The van der Waals surface area contributed by atoms with Gasteiger partial charge in [0.2, 0.25) is 0 Å². The van der Waals surface area contributed by atoms with Crippen molar-refractivity contribution in [1.82, 2.24) is 0 Å². The standard InChI is InChI=1S/C10H10N2O3/c1-15-10(14)9(12)7-4-6(5-11)2-3-8(7)13/h2-4,9,13H,12H2,1H3/t9-/m1/s1. The number of nitrogens with two attached hydrogens (primary N) is 1. The summed E-state index contributed by atoms with van der Waals surface area (Å²) >= 11 is 0. The summed E-state index contributed by atoms with van der Waals surface area (Å²) in [5.41, 5.74) is 6.03. The summed E-state index contributed by atoms with van der Waals surface area (Å²) in [6, 6.07) is 4.91. The molecule has 1 aromatic rings. The molecule has 0 spiro atoms. The van der Waals surface area contributed by atoms with Crippen molar-refractivity contribution < 1.29 is 14.6 Å². The number of methoxy groups -OCH3 is 1. The minimum absolute atomic E-state index is 0.132. The van der Waals surface area contributed by atoms with Gasteiger partial charge in [-0.15, -0.1) is 0 Å². The lowest BCUT2D eigenvalue weighted by atomic mass is 10.0. The fraction of sp³-hybridized carbons (Fsp3) is 0.200. The first-order valence-electron chi connectivity index (χ1n) is 4.16. The van der Waals surface area contributed by atoms with E-state index in [4.69, 9.17) is 11.0 Å². The van der Waals surface area contributed by atoms with Crippen molar-refractivity contribution in [3.8, 4) is 11.8 Å². The maximum absolute atomic E-state index is 11.1. The van der Waals surface area contributed by atoms with Crippen molar-refractivity contribution in [3.63, 3.8) is 0 Å². The molecule has 0 unspecified atom stereocenters. The summed E-state index contributed by atoms with van der Waals surface area (Å²) in [5, 5.41) is 18.1. The summed E-state index contributed by atoms with van der Waals surface area (Å²) in [7, 11) is 1.20. The fourth-order valence-electron chi connectivity index (χ4n) is 1.13. The SMILES string of the molecule is COC(=O)[C@H](N)c1cc(C#N)ccc1O. The smallest absolute Gasteiger partial charge is 0.327 e. The lowest BCUT2D eigenvalue weighted by Gasteiger charge is -2.11. The van der Waals surface area contributed by atoms with Crippen molar-refractivity contribution in [1.29, 1.82) is 5.26 Å². The predicted molar refractivity (Wildman–Crippen MR) is 51.8 cm³/mol. The molecule has 0 saturated heterocycles. The van der Waals surface area contributed by atoms with Gasteiger partial charge in [0.15, 0.2) is 0 Å². The molecule has 0 radical (unpaired) electrons. The van der Waals surface area contributed by atoms with Gasteiger partial charge in [0, 0.05) is 5.56 Å². The van der Waals surface area contributed by atoms with Crippen LogP contribution in [0.5, 0.6) is 5.75 Å². The molecule has 0 amide bonds. The van der Waals surface area contributed by atoms with Crippen LogP contribution < -0.4 is 5.73 Å². The highest BCUT2D eigenvalue weighted by Crippen LogP contribution is 2.24. The Morgan fingerprint density at radius 1 is 1.67 bits per heavy atom. The third kappa shape index (κ3) is 2.24. The quantitative estimate of drug-likeness (QED) is 0.684. The molecule has 0 heterocycles. The predicted octanol–water partition coefficient (Wildman–Crippen LogP) is 0.437. The molecule has 1 atom stereocenters. The second-order valence-electron chi connectivity index (χ2n) is 2.89. The van der Waals surface area contributed by atoms with Gasteiger partial charge in [0.05, 0.1) is 18.7 Å².